The molecule has 0 saturated carbocycles. The van der Waals surface area contributed by atoms with Gasteiger partial charge in [0, 0.05) is 26.7 Å². The maximum Gasteiger partial charge on any atom is 0.121 e. The summed E-state index contributed by atoms with van der Waals surface area (Å²) in [6.45, 7) is 3.37. The van der Waals surface area contributed by atoms with Crippen molar-refractivity contribution >= 4 is 38.7 Å². The number of fused-ring (bicyclic) bond motifs is 1. The van der Waals surface area contributed by atoms with Crippen LogP contribution in [0.2, 0.25) is 5.02 Å². The van der Waals surface area contributed by atoms with Gasteiger partial charge in [0.25, 0.3) is 0 Å². The molecule has 108 valence electrons. The maximum absolute atomic E-state index is 6.45. The van der Waals surface area contributed by atoms with Crippen molar-refractivity contribution in [2.75, 3.05) is 11.9 Å². The van der Waals surface area contributed by atoms with Crippen molar-refractivity contribution in [2.24, 2.45) is 0 Å². The first-order valence-electron chi connectivity index (χ1n) is 6.90. The van der Waals surface area contributed by atoms with Gasteiger partial charge in [-0.2, -0.15) is 0 Å². The Morgan fingerprint density at radius 3 is 2.81 bits per heavy atom. The Balaban J connectivity index is 1.77. The first kappa shape index (κ1) is 14.2. The molecule has 1 N–H and O–H groups in total. The lowest BCUT2D eigenvalue weighted by molar-refractivity contribution is 0.340. The monoisotopic (exact) mass is 317 g/mol. The third-order valence-electron chi connectivity index (χ3n) is 3.20. The summed E-state index contributed by atoms with van der Waals surface area (Å²) in [7, 11) is 0. The van der Waals surface area contributed by atoms with E-state index in [0.29, 0.717) is 13.2 Å². The number of thiophene rings is 1. The average Bonchev–Trinajstić information content (AvgIpc) is 2.83. The Labute approximate surface area is 133 Å². The molecule has 0 radical (unpaired) electrons. The number of hydrogen-bond acceptors (Lipinski definition) is 3. The summed E-state index contributed by atoms with van der Waals surface area (Å²) in [6.07, 6.45) is 0. The van der Waals surface area contributed by atoms with E-state index < -0.39 is 0 Å². The van der Waals surface area contributed by atoms with Crippen LogP contribution < -0.4 is 10.1 Å². The summed E-state index contributed by atoms with van der Waals surface area (Å²) in [6, 6.07) is 16.2. The quantitative estimate of drug-likeness (QED) is 0.664. The van der Waals surface area contributed by atoms with Gasteiger partial charge < -0.3 is 10.1 Å². The Morgan fingerprint density at radius 2 is 2.00 bits per heavy atom. The standard InChI is InChI=1S/C17H16ClNOS/c1-2-20-13-7-5-6-12(10-13)19-11-16-17(18)14-8-3-4-9-15(14)21-16/h3-10,19H,2,11H2,1H3. The summed E-state index contributed by atoms with van der Waals surface area (Å²) in [5.74, 6) is 0.880. The number of nitrogens with one attached hydrogen (secondary N) is 1. The van der Waals surface area contributed by atoms with E-state index in [4.69, 9.17) is 16.3 Å². The van der Waals surface area contributed by atoms with Crippen LogP contribution in [0.1, 0.15) is 11.8 Å². The van der Waals surface area contributed by atoms with Gasteiger partial charge in [0.05, 0.1) is 18.2 Å². The smallest absolute Gasteiger partial charge is 0.121 e. The van der Waals surface area contributed by atoms with E-state index in [1.54, 1.807) is 11.3 Å². The Morgan fingerprint density at radius 1 is 1.14 bits per heavy atom. The summed E-state index contributed by atoms with van der Waals surface area (Å²) >= 11 is 8.18. The van der Waals surface area contributed by atoms with Crippen LogP contribution in [0.3, 0.4) is 0 Å². The van der Waals surface area contributed by atoms with Gasteiger partial charge in [0.15, 0.2) is 0 Å². The highest BCUT2D eigenvalue weighted by Gasteiger charge is 2.09. The Kier molecular flexibility index (Phi) is 4.32. The van der Waals surface area contributed by atoms with Crippen LogP contribution >= 0.6 is 22.9 Å². The Hall–Kier alpha value is -1.71. The molecule has 0 saturated heterocycles. The molecule has 0 spiro atoms. The molecule has 2 nitrogen and oxygen atoms in total. The molecule has 1 aromatic heterocycles. The fourth-order valence-electron chi connectivity index (χ4n) is 2.22. The summed E-state index contributed by atoms with van der Waals surface area (Å²) in [5.41, 5.74) is 1.04. The topological polar surface area (TPSA) is 21.3 Å². The lowest BCUT2D eigenvalue weighted by Crippen LogP contribution is -1.98. The zero-order valence-electron chi connectivity index (χ0n) is 11.7. The van der Waals surface area contributed by atoms with Crippen molar-refractivity contribution in [1.29, 1.82) is 0 Å². The largest absolute Gasteiger partial charge is 0.494 e. The lowest BCUT2D eigenvalue weighted by Gasteiger charge is -2.08. The molecule has 0 fully saturated rings. The molecule has 0 bridgehead atoms. The van der Waals surface area contributed by atoms with E-state index in [9.17, 15) is 0 Å². The maximum atomic E-state index is 6.45. The van der Waals surface area contributed by atoms with Gasteiger partial charge in [0.1, 0.15) is 5.75 Å². The van der Waals surface area contributed by atoms with Crippen LogP contribution in [0, 0.1) is 0 Å². The second-order valence-electron chi connectivity index (χ2n) is 4.65. The highest BCUT2D eigenvalue weighted by atomic mass is 35.5. The predicted octanol–water partition coefficient (Wildman–Crippen LogP) is 5.57. The second-order valence-corrected chi connectivity index (χ2v) is 6.16. The van der Waals surface area contributed by atoms with E-state index in [0.717, 1.165) is 26.7 Å². The molecule has 0 aliphatic heterocycles. The SMILES string of the molecule is CCOc1cccc(NCc2sc3ccccc3c2Cl)c1. The molecule has 3 aromatic rings. The zero-order valence-corrected chi connectivity index (χ0v) is 13.3. The normalized spacial score (nSPS) is 10.8. The highest BCUT2D eigenvalue weighted by Crippen LogP contribution is 2.35. The van der Waals surface area contributed by atoms with Crippen molar-refractivity contribution in [1.82, 2.24) is 0 Å². The van der Waals surface area contributed by atoms with E-state index in [1.165, 1.54) is 4.70 Å². The highest BCUT2D eigenvalue weighted by molar-refractivity contribution is 7.19. The molecule has 1 heterocycles. The molecular formula is C17H16ClNOS. The minimum atomic E-state index is 0.672. The van der Waals surface area contributed by atoms with Gasteiger partial charge in [-0.15, -0.1) is 11.3 Å². The van der Waals surface area contributed by atoms with Gasteiger partial charge in [-0.05, 0) is 25.1 Å². The van der Waals surface area contributed by atoms with E-state index in [-0.39, 0.29) is 0 Å². The Bertz CT molecular complexity index is 753. The number of halogens is 1. The second kappa shape index (κ2) is 6.37. The molecular weight excluding hydrogens is 302 g/mol. The van der Waals surface area contributed by atoms with Crippen LogP contribution in [-0.2, 0) is 6.54 Å². The molecule has 0 aliphatic rings. The van der Waals surface area contributed by atoms with E-state index in [2.05, 4.69) is 17.4 Å². The first-order chi connectivity index (χ1) is 10.3. The van der Waals surface area contributed by atoms with Gasteiger partial charge >= 0.3 is 0 Å². The van der Waals surface area contributed by atoms with Crippen LogP contribution in [-0.4, -0.2) is 6.61 Å². The van der Waals surface area contributed by atoms with Crippen LogP contribution in [0.15, 0.2) is 48.5 Å². The van der Waals surface area contributed by atoms with Crippen LogP contribution in [0.5, 0.6) is 5.75 Å². The number of hydrogen-bond donors (Lipinski definition) is 1. The molecule has 0 unspecified atom stereocenters. The average molecular weight is 318 g/mol. The van der Waals surface area contributed by atoms with Crippen molar-refractivity contribution in [3.05, 3.63) is 58.4 Å². The summed E-state index contributed by atoms with van der Waals surface area (Å²) in [5, 5.41) is 5.39. The molecule has 0 atom stereocenters. The number of rotatable bonds is 5. The fourth-order valence-corrected chi connectivity index (χ4v) is 3.66. The third-order valence-corrected chi connectivity index (χ3v) is 4.91. The molecule has 2 aromatic carbocycles. The number of ether oxygens (including phenoxy) is 1. The third kappa shape index (κ3) is 3.14. The van der Waals surface area contributed by atoms with E-state index >= 15 is 0 Å². The van der Waals surface area contributed by atoms with Crippen molar-refractivity contribution < 1.29 is 4.74 Å². The molecule has 0 aliphatic carbocycles. The first-order valence-corrected chi connectivity index (χ1v) is 8.10. The number of benzene rings is 2. The van der Waals surface area contributed by atoms with Gasteiger partial charge in [0.2, 0.25) is 0 Å². The minimum absolute atomic E-state index is 0.672. The van der Waals surface area contributed by atoms with E-state index in [1.807, 2.05) is 43.3 Å². The molecule has 4 heteroatoms. The fraction of sp³-hybridized carbons (Fsp3) is 0.176. The summed E-state index contributed by atoms with van der Waals surface area (Å²) < 4.78 is 6.73. The molecule has 3 rings (SSSR count). The van der Waals surface area contributed by atoms with Crippen molar-refractivity contribution in [3.63, 3.8) is 0 Å². The van der Waals surface area contributed by atoms with Crippen LogP contribution in [0.25, 0.3) is 10.1 Å². The molecule has 21 heavy (non-hydrogen) atoms. The van der Waals surface area contributed by atoms with Crippen molar-refractivity contribution in [2.45, 2.75) is 13.5 Å². The lowest BCUT2D eigenvalue weighted by atomic mass is 10.2. The molecule has 0 amide bonds. The van der Waals surface area contributed by atoms with Gasteiger partial charge in [-0.1, -0.05) is 35.9 Å². The van der Waals surface area contributed by atoms with Crippen LogP contribution in [0.4, 0.5) is 5.69 Å². The zero-order chi connectivity index (χ0) is 14.7. The predicted molar refractivity (Wildman–Crippen MR) is 91.8 cm³/mol. The van der Waals surface area contributed by atoms with Gasteiger partial charge in [-0.25, -0.2) is 0 Å². The number of anilines is 1. The van der Waals surface area contributed by atoms with Crippen molar-refractivity contribution in [3.8, 4) is 5.75 Å². The summed E-state index contributed by atoms with van der Waals surface area (Å²) in [4.78, 5) is 1.15. The van der Waals surface area contributed by atoms with Gasteiger partial charge in [-0.3, -0.25) is 0 Å². The minimum Gasteiger partial charge on any atom is -0.494 e.